The van der Waals surface area contributed by atoms with E-state index in [2.05, 4.69) is 10.3 Å². The molecular formula is C13H15F3N2O. The van der Waals surface area contributed by atoms with E-state index in [0.717, 1.165) is 18.7 Å². The molecule has 1 unspecified atom stereocenters. The summed E-state index contributed by atoms with van der Waals surface area (Å²) in [5, 5.41) is 3.15. The first-order valence-corrected chi connectivity index (χ1v) is 6.10. The van der Waals surface area contributed by atoms with E-state index in [0.29, 0.717) is 18.0 Å². The van der Waals surface area contributed by atoms with Crippen molar-refractivity contribution in [3.63, 3.8) is 0 Å². The summed E-state index contributed by atoms with van der Waals surface area (Å²) in [7, 11) is 0. The second-order valence-electron chi connectivity index (χ2n) is 4.44. The summed E-state index contributed by atoms with van der Waals surface area (Å²) in [4.78, 5) is 4.13. The minimum atomic E-state index is -4.36. The molecule has 2 rings (SSSR count). The Kier molecular flexibility index (Phi) is 3.80. The van der Waals surface area contributed by atoms with E-state index in [1.165, 1.54) is 6.07 Å². The highest BCUT2D eigenvalue weighted by molar-refractivity contribution is 5.73. The van der Waals surface area contributed by atoms with E-state index in [1.807, 2.05) is 13.8 Å². The number of likely N-dealkylation sites (N-methyl/N-ethyl adjacent to an activating group) is 1. The zero-order chi connectivity index (χ0) is 14.0. The lowest BCUT2D eigenvalue weighted by Gasteiger charge is -2.06. The molecule has 1 heterocycles. The standard InChI is InChI=1S/C13H15F3N2O/c1-3-17-7-8(2)12-18-10-6-9(13(14,15)16)4-5-11(10)19-12/h4-6,8,17H,3,7H2,1-2H3. The summed E-state index contributed by atoms with van der Waals surface area (Å²) >= 11 is 0. The van der Waals surface area contributed by atoms with Gasteiger partial charge in [-0.05, 0) is 24.7 Å². The van der Waals surface area contributed by atoms with Gasteiger partial charge >= 0.3 is 6.18 Å². The van der Waals surface area contributed by atoms with Gasteiger partial charge in [0.2, 0.25) is 0 Å². The van der Waals surface area contributed by atoms with Crippen LogP contribution in [0, 0.1) is 0 Å². The molecule has 0 bridgehead atoms. The van der Waals surface area contributed by atoms with Gasteiger partial charge in [-0.3, -0.25) is 0 Å². The molecular weight excluding hydrogens is 257 g/mol. The van der Waals surface area contributed by atoms with Crippen LogP contribution in [0.2, 0.25) is 0 Å². The van der Waals surface area contributed by atoms with Crippen LogP contribution in [0.5, 0.6) is 0 Å². The first-order chi connectivity index (χ1) is 8.91. The van der Waals surface area contributed by atoms with E-state index >= 15 is 0 Å². The molecule has 2 aromatic rings. The van der Waals surface area contributed by atoms with Crippen LogP contribution in [0.25, 0.3) is 11.1 Å². The zero-order valence-electron chi connectivity index (χ0n) is 10.7. The molecule has 1 aromatic carbocycles. The number of aromatic nitrogens is 1. The number of hydrogen-bond donors (Lipinski definition) is 1. The van der Waals surface area contributed by atoms with Crippen LogP contribution in [-0.4, -0.2) is 18.1 Å². The second-order valence-corrected chi connectivity index (χ2v) is 4.44. The van der Waals surface area contributed by atoms with Crippen molar-refractivity contribution in [1.82, 2.24) is 10.3 Å². The summed E-state index contributed by atoms with van der Waals surface area (Å²) in [6.45, 7) is 5.39. The van der Waals surface area contributed by atoms with Gasteiger partial charge in [0.05, 0.1) is 5.56 Å². The van der Waals surface area contributed by atoms with Crippen molar-refractivity contribution in [2.45, 2.75) is 25.9 Å². The van der Waals surface area contributed by atoms with Crippen LogP contribution in [-0.2, 0) is 6.18 Å². The number of halogens is 3. The van der Waals surface area contributed by atoms with Crippen LogP contribution in [0.4, 0.5) is 13.2 Å². The summed E-state index contributed by atoms with van der Waals surface area (Å²) in [6.07, 6.45) is -4.36. The molecule has 0 saturated heterocycles. The first kappa shape index (κ1) is 13.9. The maximum absolute atomic E-state index is 12.6. The normalized spacial score (nSPS) is 13.9. The molecule has 104 valence electrons. The van der Waals surface area contributed by atoms with Crippen LogP contribution in [0.1, 0.15) is 31.2 Å². The maximum Gasteiger partial charge on any atom is 0.416 e. The molecule has 0 aliphatic rings. The van der Waals surface area contributed by atoms with Crippen LogP contribution >= 0.6 is 0 Å². The Bertz CT molecular complexity index is 563. The number of alkyl halides is 3. The number of oxazole rings is 1. The SMILES string of the molecule is CCNCC(C)c1nc2cc(C(F)(F)F)ccc2o1. The lowest BCUT2D eigenvalue weighted by molar-refractivity contribution is -0.137. The van der Waals surface area contributed by atoms with Gasteiger partial charge in [0.1, 0.15) is 5.52 Å². The van der Waals surface area contributed by atoms with E-state index in [9.17, 15) is 13.2 Å². The summed E-state index contributed by atoms with van der Waals surface area (Å²) in [5.41, 5.74) is -0.0845. The fourth-order valence-corrected chi connectivity index (χ4v) is 1.78. The van der Waals surface area contributed by atoms with Crippen LogP contribution < -0.4 is 5.32 Å². The molecule has 6 heteroatoms. The highest BCUT2D eigenvalue weighted by Crippen LogP contribution is 2.32. The molecule has 1 aromatic heterocycles. The summed E-state index contributed by atoms with van der Waals surface area (Å²) in [6, 6.07) is 3.34. The van der Waals surface area contributed by atoms with E-state index < -0.39 is 11.7 Å². The molecule has 19 heavy (non-hydrogen) atoms. The third-order valence-corrected chi connectivity index (χ3v) is 2.85. The lowest BCUT2D eigenvalue weighted by atomic mass is 10.2. The molecule has 0 amide bonds. The lowest BCUT2D eigenvalue weighted by Crippen LogP contribution is -2.19. The van der Waals surface area contributed by atoms with Gasteiger partial charge < -0.3 is 9.73 Å². The van der Waals surface area contributed by atoms with E-state index in [1.54, 1.807) is 0 Å². The van der Waals surface area contributed by atoms with Gasteiger partial charge in [0.25, 0.3) is 0 Å². The quantitative estimate of drug-likeness (QED) is 0.924. The molecule has 0 radical (unpaired) electrons. The Morgan fingerprint density at radius 3 is 2.74 bits per heavy atom. The number of rotatable bonds is 4. The van der Waals surface area contributed by atoms with Crippen LogP contribution in [0.15, 0.2) is 22.6 Å². The highest BCUT2D eigenvalue weighted by atomic mass is 19.4. The summed E-state index contributed by atoms with van der Waals surface area (Å²) in [5.74, 6) is 0.469. The van der Waals surface area contributed by atoms with Crippen molar-refractivity contribution in [3.8, 4) is 0 Å². The van der Waals surface area contributed by atoms with Crippen LogP contribution in [0.3, 0.4) is 0 Å². The molecule has 0 saturated carbocycles. The fourth-order valence-electron chi connectivity index (χ4n) is 1.78. The van der Waals surface area contributed by atoms with Crippen molar-refractivity contribution < 1.29 is 17.6 Å². The van der Waals surface area contributed by atoms with Gasteiger partial charge in [0, 0.05) is 12.5 Å². The van der Waals surface area contributed by atoms with Gasteiger partial charge in [-0.15, -0.1) is 0 Å². The fraction of sp³-hybridized carbons (Fsp3) is 0.462. The Morgan fingerprint density at radius 2 is 2.11 bits per heavy atom. The predicted octanol–water partition coefficient (Wildman–Crippen LogP) is 3.56. The molecule has 3 nitrogen and oxygen atoms in total. The van der Waals surface area contributed by atoms with Crippen molar-refractivity contribution in [2.24, 2.45) is 0 Å². The first-order valence-electron chi connectivity index (χ1n) is 6.10. The molecule has 1 atom stereocenters. The molecule has 0 aliphatic heterocycles. The monoisotopic (exact) mass is 272 g/mol. The molecule has 0 aliphatic carbocycles. The third-order valence-electron chi connectivity index (χ3n) is 2.85. The maximum atomic E-state index is 12.6. The van der Waals surface area contributed by atoms with Gasteiger partial charge in [-0.1, -0.05) is 13.8 Å². The van der Waals surface area contributed by atoms with Crippen molar-refractivity contribution in [3.05, 3.63) is 29.7 Å². The van der Waals surface area contributed by atoms with Gasteiger partial charge in [-0.2, -0.15) is 13.2 Å². The number of hydrogen-bond acceptors (Lipinski definition) is 3. The largest absolute Gasteiger partial charge is 0.440 e. The highest BCUT2D eigenvalue weighted by Gasteiger charge is 2.31. The average Bonchev–Trinajstić information content (AvgIpc) is 2.77. The smallest absolute Gasteiger partial charge is 0.416 e. The molecule has 0 spiro atoms. The second kappa shape index (κ2) is 5.21. The van der Waals surface area contributed by atoms with Crippen molar-refractivity contribution >= 4 is 11.1 Å². The predicted molar refractivity (Wildman–Crippen MR) is 66.0 cm³/mol. The Hall–Kier alpha value is -1.56. The minimum Gasteiger partial charge on any atom is -0.440 e. The number of nitrogens with zero attached hydrogens (tertiary/aromatic N) is 1. The van der Waals surface area contributed by atoms with E-state index in [-0.39, 0.29) is 11.4 Å². The van der Waals surface area contributed by atoms with Crippen molar-refractivity contribution in [2.75, 3.05) is 13.1 Å². The van der Waals surface area contributed by atoms with E-state index in [4.69, 9.17) is 4.42 Å². The number of nitrogens with one attached hydrogen (secondary N) is 1. The Morgan fingerprint density at radius 1 is 1.37 bits per heavy atom. The molecule has 1 N–H and O–H groups in total. The van der Waals surface area contributed by atoms with Crippen molar-refractivity contribution in [1.29, 1.82) is 0 Å². The summed E-state index contributed by atoms with van der Waals surface area (Å²) < 4.78 is 43.2. The minimum absolute atomic E-state index is 0.0155. The topological polar surface area (TPSA) is 38.1 Å². The zero-order valence-corrected chi connectivity index (χ0v) is 10.7. The van der Waals surface area contributed by atoms with Gasteiger partial charge in [0.15, 0.2) is 11.5 Å². The Balaban J connectivity index is 2.30. The number of fused-ring (bicyclic) bond motifs is 1. The average molecular weight is 272 g/mol. The third kappa shape index (κ3) is 3.07. The van der Waals surface area contributed by atoms with Gasteiger partial charge in [-0.25, -0.2) is 4.98 Å². The molecule has 0 fully saturated rings. The number of benzene rings is 1. The Labute approximate surface area is 108 Å².